The quantitative estimate of drug-likeness (QED) is 0.435. The van der Waals surface area contributed by atoms with Crippen molar-refractivity contribution in [3.8, 4) is 11.4 Å². The number of nitrogens with zero attached hydrogens (tertiary/aromatic N) is 4. The van der Waals surface area contributed by atoms with Crippen LogP contribution in [0.2, 0.25) is 0 Å². The van der Waals surface area contributed by atoms with E-state index in [0.29, 0.717) is 11.5 Å². The summed E-state index contributed by atoms with van der Waals surface area (Å²) in [6.07, 6.45) is 0.334. The number of amides is 2. The topological polar surface area (TPSA) is 158 Å². The first kappa shape index (κ1) is 27.2. The van der Waals surface area contributed by atoms with Crippen LogP contribution in [0.3, 0.4) is 0 Å². The van der Waals surface area contributed by atoms with E-state index in [1.807, 2.05) is 20.8 Å². The van der Waals surface area contributed by atoms with Gasteiger partial charge in [0.15, 0.2) is 0 Å². The highest BCUT2D eigenvalue weighted by atomic mass is 16.5. The Morgan fingerprint density at radius 2 is 1.78 bits per heavy atom. The lowest BCUT2D eigenvalue weighted by Gasteiger charge is -2.21. The lowest BCUT2D eigenvalue weighted by atomic mass is 9.97. The molecular weight excluding hydrogens is 480 g/mol. The maximum atomic E-state index is 13.2. The Balaban J connectivity index is 1.91. The molecule has 12 heteroatoms. The van der Waals surface area contributed by atoms with Crippen LogP contribution >= 0.6 is 0 Å². The predicted octanol–water partition coefficient (Wildman–Crippen LogP) is 2.79. The van der Waals surface area contributed by atoms with Gasteiger partial charge in [0, 0.05) is 11.0 Å². The number of rotatable bonds is 8. The van der Waals surface area contributed by atoms with Gasteiger partial charge in [0.25, 0.3) is 11.4 Å². The number of benzene rings is 1. The highest BCUT2D eigenvalue weighted by Crippen LogP contribution is 2.21. The number of hydrogen-bond donors (Lipinski definition) is 2. The summed E-state index contributed by atoms with van der Waals surface area (Å²) < 4.78 is 11.2. The zero-order chi connectivity index (χ0) is 27.3. The van der Waals surface area contributed by atoms with Gasteiger partial charge in [0.1, 0.15) is 18.1 Å². The summed E-state index contributed by atoms with van der Waals surface area (Å²) in [6.45, 7) is 8.66. The minimum atomic E-state index is -0.985. The lowest BCUT2D eigenvalue weighted by Crippen LogP contribution is -2.46. The number of anilines is 1. The van der Waals surface area contributed by atoms with Crippen molar-refractivity contribution in [2.45, 2.75) is 52.6 Å². The van der Waals surface area contributed by atoms with Crippen molar-refractivity contribution in [3.63, 3.8) is 0 Å². The Bertz CT molecular complexity index is 1340. The van der Waals surface area contributed by atoms with E-state index in [0.717, 1.165) is 11.7 Å². The molecule has 3 aromatic rings. The van der Waals surface area contributed by atoms with Crippen molar-refractivity contribution in [1.29, 1.82) is 0 Å². The molecule has 196 valence electrons. The maximum Gasteiger partial charge on any atom is 0.411 e. The first-order valence-corrected chi connectivity index (χ1v) is 11.6. The van der Waals surface area contributed by atoms with Gasteiger partial charge in [-0.1, -0.05) is 65.0 Å². The third-order valence-electron chi connectivity index (χ3n) is 5.35. The molecule has 1 atom stereocenters. The van der Waals surface area contributed by atoms with E-state index < -0.39 is 41.3 Å². The number of nitrogens with one attached hydrogen (secondary N) is 2. The minimum Gasteiger partial charge on any atom is -0.453 e. The molecule has 2 heterocycles. The van der Waals surface area contributed by atoms with Gasteiger partial charge in [0.2, 0.25) is 17.6 Å². The van der Waals surface area contributed by atoms with Crippen molar-refractivity contribution >= 4 is 23.5 Å². The van der Waals surface area contributed by atoms with Crippen molar-refractivity contribution < 1.29 is 23.5 Å². The van der Waals surface area contributed by atoms with Gasteiger partial charge in [-0.2, -0.15) is 0 Å². The summed E-state index contributed by atoms with van der Waals surface area (Å²) in [5.41, 5.74) is -0.716. The van der Waals surface area contributed by atoms with Gasteiger partial charge in [-0.15, -0.1) is 10.2 Å². The molecule has 0 unspecified atom stereocenters. The van der Waals surface area contributed by atoms with Crippen LogP contribution < -0.4 is 16.2 Å². The monoisotopic (exact) mass is 510 g/mol. The number of hydrogen-bond acceptors (Lipinski definition) is 9. The Morgan fingerprint density at radius 3 is 2.35 bits per heavy atom. The van der Waals surface area contributed by atoms with Crippen molar-refractivity contribution in [2.24, 2.45) is 5.92 Å². The smallest absolute Gasteiger partial charge is 0.411 e. The standard InChI is InChI=1S/C25H30N6O6/c1-14(2)18(19(33)21-29-30-23(37-21)25(3,4)5)28-17(32)13-31-20(15-10-8-7-9-11-15)26-12-16(22(31)34)27-24(35)36-6/h7-12,14,18H,13H2,1-6H3,(H,27,35)(H,28,32)/t18-/m0/s1. The molecule has 1 aromatic carbocycles. The molecule has 2 amide bonds. The fourth-order valence-electron chi connectivity index (χ4n) is 3.36. The van der Waals surface area contributed by atoms with E-state index in [-0.39, 0.29) is 23.3 Å². The zero-order valence-corrected chi connectivity index (χ0v) is 21.6. The molecule has 2 N–H and O–H groups in total. The summed E-state index contributed by atoms with van der Waals surface area (Å²) >= 11 is 0. The number of carbonyl (C=O) groups excluding carboxylic acids is 3. The number of aromatic nitrogens is 4. The highest BCUT2D eigenvalue weighted by Gasteiger charge is 2.31. The van der Waals surface area contributed by atoms with Gasteiger partial charge in [-0.3, -0.25) is 24.3 Å². The molecule has 0 spiro atoms. The molecule has 0 aliphatic rings. The second kappa shape index (κ2) is 11.1. The maximum absolute atomic E-state index is 13.2. The predicted molar refractivity (Wildman–Crippen MR) is 134 cm³/mol. The Kier molecular flexibility index (Phi) is 8.21. The summed E-state index contributed by atoms with van der Waals surface area (Å²) in [5.74, 6) is -1.20. The molecule has 0 radical (unpaired) electrons. The molecule has 3 rings (SSSR count). The Labute approximate surface area is 213 Å². The van der Waals surface area contributed by atoms with Crippen LogP contribution in [-0.4, -0.2) is 50.7 Å². The van der Waals surface area contributed by atoms with Crippen LogP contribution in [0.1, 0.15) is 51.2 Å². The van der Waals surface area contributed by atoms with Crippen molar-refractivity contribution in [2.75, 3.05) is 12.4 Å². The zero-order valence-electron chi connectivity index (χ0n) is 21.6. The van der Waals surface area contributed by atoms with E-state index in [1.165, 1.54) is 6.20 Å². The van der Waals surface area contributed by atoms with Gasteiger partial charge in [0.05, 0.1) is 19.3 Å². The summed E-state index contributed by atoms with van der Waals surface area (Å²) in [7, 11) is 1.16. The number of ether oxygens (including phenoxy) is 1. The Morgan fingerprint density at radius 1 is 1.11 bits per heavy atom. The van der Waals surface area contributed by atoms with Crippen molar-refractivity contribution in [3.05, 3.63) is 58.7 Å². The van der Waals surface area contributed by atoms with Crippen LogP contribution in [-0.2, 0) is 21.5 Å². The Hall–Kier alpha value is -4.35. The van der Waals surface area contributed by atoms with Crippen molar-refractivity contribution in [1.82, 2.24) is 25.1 Å². The molecule has 0 saturated carbocycles. The van der Waals surface area contributed by atoms with Gasteiger partial charge < -0.3 is 14.5 Å². The third kappa shape index (κ3) is 6.46. The number of methoxy groups -OCH3 is 1. The first-order valence-electron chi connectivity index (χ1n) is 11.6. The van der Waals surface area contributed by atoms with Crippen LogP contribution in [0.25, 0.3) is 11.4 Å². The van der Waals surface area contributed by atoms with Crippen LogP contribution in [0.15, 0.2) is 45.7 Å². The second-order valence-corrected chi connectivity index (χ2v) is 9.69. The van der Waals surface area contributed by atoms with Gasteiger partial charge in [-0.25, -0.2) is 9.78 Å². The average molecular weight is 511 g/mol. The summed E-state index contributed by atoms with van der Waals surface area (Å²) in [5, 5.41) is 12.8. The molecule has 0 bridgehead atoms. The van der Waals surface area contributed by atoms with Crippen LogP contribution in [0.5, 0.6) is 0 Å². The van der Waals surface area contributed by atoms with Gasteiger partial charge in [-0.05, 0) is 5.92 Å². The highest BCUT2D eigenvalue weighted by molar-refractivity contribution is 5.98. The average Bonchev–Trinajstić information content (AvgIpc) is 3.36. The summed E-state index contributed by atoms with van der Waals surface area (Å²) in [6, 6.07) is 7.79. The van der Waals surface area contributed by atoms with Crippen LogP contribution in [0, 0.1) is 5.92 Å². The molecular formula is C25H30N6O6. The molecule has 0 aliphatic carbocycles. The third-order valence-corrected chi connectivity index (χ3v) is 5.35. The molecule has 2 aromatic heterocycles. The number of carbonyl (C=O) groups is 3. The fraction of sp³-hybridized carbons (Fsp3) is 0.400. The normalized spacial score (nSPS) is 12.2. The number of Topliss-reactive ketones (excluding diaryl/α,β-unsaturated/α-hetero) is 1. The van der Waals surface area contributed by atoms with Crippen LogP contribution in [0.4, 0.5) is 10.5 Å². The molecule has 37 heavy (non-hydrogen) atoms. The lowest BCUT2D eigenvalue weighted by molar-refractivity contribution is -0.122. The van der Waals surface area contributed by atoms with E-state index in [9.17, 15) is 19.2 Å². The molecule has 0 saturated heterocycles. The second-order valence-electron chi connectivity index (χ2n) is 9.69. The minimum absolute atomic E-state index is 0.170. The van der Waals surface area contributed by atoms with Gasteiger partial charge >= 0.3 is 6.09 Å². The number of ketones is 1. The van der Waals surface area contributed by atoms with E-state index in [4.69, 9.17) is 4.42 Å². The van der Waals surface area contributed by atoms with E-state index in [2.05, 4.69) is 30.6 Å². The van der Waals surface area contributed by atoms with E-state index >= 15 is 0 Å². The molecule has 12 nitrogen and oxygen atoms in total. The SMILES string of the molecule is COC(=O)Nc1cnc(-c2ccccc2)n(CC(=O)N[C@H](C(=O)c2nnc(C(C)(C)C)o2)C(C)C)c1=O. The largest absolute Gasteiger partial charge is 0.453 e. The summed E-state index contributed by atoms with van der Waals surface area (Å²) in [4.78, 5) is 55.4. The van der Waals surface area contributed by atoms with E-state index in [1.54, 1.807) is 44.2 Å². The molecule has 0 fully saturated rings. The molecule has 0 aliphatic heterocycles. The fourth-order valence-corrected chi connectivity index (χ4v) is 3.36. The first-order chi connectivity index (χ1) is 17.4.